The molecule has 1 aliphatic rings. The number of rotatable bonds is 7. The number of aryl methyl sites for hydroxylation is 2. The van der Waals surface area contributed by atoms with Crippen LogP contribution in [-0.4, -0.2) is 44.1 Å². The van der Waals surface area contributed by atoms with E-state index in [2.05, 4.69) is 10.4 Å². The summed E-state index contributed by atoms with van der Waals surface area (Å²) in [7, 11) is 1.69. The average Bonchev–Trinajstić information content (AvgIpc) is 3.26. The lowest BCUT2D eigenvalue weighted by Crippen LogP contribution is -2.38. The Balaban J connectivity index is 1.48. The number of ether oxygens (including phenoxy) is 1. The fraction of sp³-hybridized carbons (Fsp3) is 0.172. The number of carbonyl (C=O) groups excluding carboxylic acids is 2. The largest absolute Gasteiger partial charge is 0.488 e. The second-order valence-electron chi connectivity index (χ2n) is 9.36. The Hall–Kier alpha value is -4.70. The predicted molar refractivity (Wildman–Crippen MR) is 146 cm³/mol. The summed E-state index contributed by atoms with van der Waals surface area (Å²) in [5.41, 5.74) is 3.06. The second-order valence-corrected chi connectivity index (χ2v) is 9.80. The number of aromatic carboxylic acids is 1. The summed E-state index contributed by atoms with van der Waals surface area (Å²) < 4.78 is 22.0. The first-order chi connectivity index (χ1) is 19.1. The summed E-state index contributed by atoms with van der Waals surface area (Å²) in [6, 6.07) is 15.5. The highest BCUT2D eigenvalue weighted by atomic mass is 35.5. The van der Waals surface area contributed by atoms with Crippen molar-refractivity contribution >= 4 is 35.1 Å². The van der Waals surface area contributed by atoms with Crippen molar-refractivity contribution in [2.24, 2.45) is 7.05 Å². The van der Waals surface area contributed by atoms with Gasteiger partial charge < -0.3 is 20.1 Å². The number of nitrogens with zero attached hydrogens (tertiary/aromatic N) is 3. The smallest absolute Gasteiger partial charge is 0.335 e. The molecule has 0 radical (unpaired) electrons. The number of benzene rings is 3. The Bertz CT molecular complexity index is 1670. The molecule has 0 unspecified atom stereocenters. The standard InChI is InChI=1S/C29H24ClFN4O5/c1-16-7-8-17(29(38)39)11-23(16)32-25(36)14-35(13-18-5-3-4-6-22(18)31)28(37)26-21-15-40-24-10-9-19(30)12-20(24)27(21)34(2)33-26/h3-12H,13-15H2,1-2H3,(H,32,36)(H,38,39). The monoisotopic (exact) mass is 562 g/mol. The zero-order valence-corrected chi connectivity index (χ0v) is 22.3. The van der Waals surface area contributed by atoms with Gasteiger partial charge in [-0.2, -0.15) is 5.10 Å². The Morgan fingerprint density at radius 1 is 1.15 bits per heavy atom. The lowest BCUT2D eigenvalue weighted by molar-refractivity contribution is -0.117. The number of nitrogens with one attached hydrogen (secondary N) is 1. The molecule has 0 bridgehead atoms. The first-order valence-corrected chi connectivity index (χ1v) is 12.6. The molecule has 0 aliphatic carbocycles. The molecule has 40 heavy (non-hydrogen) atoms. The van der Waals surface area contributed by atoms with Crippen LogP contribution in [-0.2, 0) is 25.0 Å². The van der Waals surface area contributed by atoms with Gasteiger partial charge in [-0.25, -0.2) is 9.18 Å². The van der Waals surface area contributed by atoms with Gasteiger partial charge >= 0.3 is 5.97 Å². The van der Waals surface area contributed by atoms with Crippen LogP contribution in [0.15, 0.2) is 60.7 Å². The van der Waals surface area contributed by atoms with Crippen molar-refractivity contribution in [1.29, 1.82) is 0 Å². The van der Waals surface area contributed by atoms with E-state index in [1.54, 1.807) is 49.0 Å². The van der Waals surface area contributed by atoms with Gasteiger partial charge in [-0.05, 0) is 48.9 Å². The maximum Gasteiger partial charge on any atom is 0.335 e. The highest BCUT2D eigenvalue weighted by molar-refractivity contribution is 6.31. The minimum atomic E-state index is -1.14. The van der Waals surface area contributed by atoms with Crippen LogP contribution in [0.3, 0.4) is 0 Å². The number of fused-ring (bicyclic) bond motifs is 3. The fourth-order valence-corrected chi connectivity index (χ4v) is 4.78. The molecule has 1 aromatic heterocycles. The quantitative estimate of drug-likeness (QED) is 0.325. The molecule has 0 saturated heterocycles. The van der Waals surface area contributed by atoms with Crippen LogP contribution in [0.2, 0.25) is 5.02 Å². The summed E-state index contributed by atoms with van der Waals surface area (Å²) in [6.07, 6.45) is 0. The normalized spacial score (nSPS) is 11.7. The fourth-order valence-electron chi connectivity index (χ4n) is 4.61. The summed E-state index contributed by atoms with van der Waals surface area (Å²) in [5.74, 6) is -2.26. The van der Waals surface area contributed by atoms with Crippen LogP contribution in [0.5, 0.6) is 5.75 Å². The Morgan fingerprint density at radius 2 is 1.93 bits per heavy atom. The van der Waals surface area contributed by atoms with Crippen LogP contribution in [0.25, 0.3) is 11.3 Å². The summed E-state index contributed by atoms with van der Waals surface area (Å²) in [5, 5.41) is 16.9. The van der Waals surface area contributed by atoms with E-state index >= 15 is 0 Å². The summed E-state index contributed by atoms with van der Waals surface area (Å²) in [4.78, 5) is 39.7. The van der Waals surface area contributed by atoms with E-state index in [0.29, 0.717) is 38.8 Å². The average molecular weight is 563 g/mol. The number of hydrogen-bond donors (Lipinski definition) is 2. The molecule has 2 N–H and O–H groups in total. The topological polar surface area (TPSA) is 114 Å². The minimum absolute atomic E-state index is 0.000636. The van der Waals surface area contributed by atoms with Crippen molar-refractivity contribution in [3.8, 4) is 17.0 Å². The minimum Gasteiger partial charge on any atom is -0.488 e. The Kier molecular flexibility index (Phi) is 7.27. The third kappa shape index (κ3) is 5.26. The van der Waals surface area contributed by atoms with Crippen LogP contribution < -0.4 is 10.1 Å². The molecule has 5 rings (SSSR count). The van der Waals surface area contributed by atoms with E-state index in [9.17, 15) is 23.9 Å². The van der Waals surface area contributed by atoms with Gasteiger partial charge in [-0.15, -0.1) is 0 Å². The molecule has 0 saturated carbocycles. The lowest BCUT2D eigenvalue weighted by Gasteiger charge is -2.23. The number of aromatic nitrogens is 2. The second kappa shape index (κ2) is 10.8. The van der Waals surface area contributed by atoms with Gasteiger partial charge in [0.15, 0.2) is 5.69 Å². The number of hydrogen-bond acceptors (Lipinski definition) is 5. The highest BCUT2D eigenvalue weighted by Gasteiger charge is 2.32. The van der Waals surface area contributed by atoms with E-state index in [-0.39, 0.29) is 30.0 Å². The van der Waals surface area contributed by atoms with Crippen molar-refractivity contribution < 1.29 is 28.6 Å². The van der Waals surface area contributed by atoms with E-state index < -0.39 is 30.1 Å². The van der Waals surface area contributed by atoms with Gasteiger partial charge in [0.1, 0.15) is 24.7 Å². The van der Waals surface area contributed by atoms with Gasteiger partial charge in [-0.1, -0.05) is 35.9 Å². The molecule has 11 heteroatoms. The van der Waals surface area contributed by atoms with E-state index in [1.807, 2.05) is 0 Å². The van der Waals surface area contributed by atoms with Gasteiger partial charge in [0.05, 0.1) is 11.3 Å². The van der Waals surface area contributed by atoms with E-state index in [1.165, 1.54) is 35.2 Å². The first-order valence-electron chi connectivity index (χ1n) is 12.3. The predicted octanol–water partition coefficient (Wildman–Crippen LogP) is 5.06. The molecule has 2 heterocycles. The van der Waals surface area contributed by atoms with Crippen molar-refractivity contribution in [3.63, 3.8) is 0 Å². The zero-order chi connectivity index (χ0) is 28.6. The van der Waals surface area contributed by atoms with Gasteiger partial charge in [-0.3, -0.25) is 14.3 Å². The number of carboxylic acids is 1. The molecule has 0 spiro atoms. The van der Waals surface area contributed by atoms with Gasteiger partial charge in [0, 0.05) is 41.0 Å². The highest BCUT2D eigenvalue weighted by Crippen LogP contribution is 2.40. The van der Waals surface area contributed by atoms with Crippen LogP contribution in [0.1, 0.15) is 37.5 Å². The molecular formula is C29H24ClFN4O5. The Morgan fingerprint density at radius 3 is 2.67 bits per heavy atom. The molecule has 0 atom stereocenters. The number of anilines is 1. The molecule has 9 nitrogen and oxygen atoms in total. The van der Waals surface area contributed by atoms with Crippen LogP contribution >= 0.6 is 11.6 Å². The first kappa shape index (κ1) is 26.9. The number of carboxylic acid groups (broad SMARTS) is 1. The molecule has 2 amide bonds. The van der Waals surface area contributed by atoms with E-state index in [4.69, 9.17) is 16.3 Å². The molecule has 3 aromatic carbocycles. The maximum atomic E-state index is 14.6. The van der Waals surface area contributed by atoms with Crippen LogP contribution in [0.4, 0.5) is 10.1 Å². The van der Waals surface area contributed by atoms with Crippen LogP contribution in [0, 0.1) is 12.7 Å². The third-order valence-electron chi connectivity index (χ3n) is 6.62. The Labute approximate surface area is 233 Å². The lowest BCUT2D eigenvalue weighted by atomic mass is 10.0. The summed E-state index contributed by atoms with van der Waals surface area (Å²) >= 11 is 6.21. The molecular weight excluding hydrogens is 539 g/mol. The number of halogens is 2. The van der Waals surface area contributed by atoms with Gasteiger partial charge in [0.2, 0.25) is 5.91 Å². The zero-order valence-electron chi connectivity index (χ0n) is 21.6. The van der Waals surface area contributed by atoms with Crippen molar-refractivity contribution in [1.82, 2.24) is 14.7 Å². The third-order valence-corrected chi connectivity index (χ3v) is 6.85. The van der Waals surface area contributed by atoms with Crippen molar-refractivity contribution in [2.45, 2.75) is 20.1 Å². The van der Waals surface area contributed by atoms with Crippen molar-refractivity contribution in [3.05, 3.63) is 99.5 Å². The number of amides is 2. The van der Waals surface area contributed by atoms with E-state index in [0.717, 1.165) is 0 Å². The molecule has 204 valence electrons. The van der Waals surface area contributed by atoms with Gasteiger partial charge in [0.25, 0.3) is 5.91 Å². The molecule has 1 aliphatic heterocycles. The number of carbonyl (C=O) groups is 3. The SMILES string of the molecule is Cc1ccc(C(=O)O)cc1NC(=O)CN(Cc1ccccc1F)C(=O)c1nn(C)c2c1COc1ccc(Cl)cc1-2. The molecule has 0 fully saturated rings. The van der Waals surface area contributed by atoms with Crippen molar-refractivity contribution in [2.75, 3.05) is 11.9 Å². The summed E-state index contributed by atoms with van der Waals surface area (Å²) in [6.45, 7) is 1.13. The maximum absolute atomic E-state index is 14.6. The molecule has 4 aromatic rings.